The van der Waals surface area contributed by atoms with Crippen molar-refractivity contribution in [2.75, 3.05) is 4.72 Å². The van der Waals surface area contributed by atoms with E-state index in [0.29, 0.717) is 17.9 Å². The molecule has 2 N–H and O–H groups in total. The zero-order chi connectivity index (χ0) is 14.6. The van der Waals surface area contributed by atoms with E-state index < -0.39 is 10.0 Å². The molecule has 5 nitrogen and oxygen atoms in total. The van der Waals surface area contributed by atoms with Crippen LogP contribution in [0.2, 0.25) is 0 Å². The van der Waals surface area contributed by atoms with Crippen LogP contribution in [-0.4, -0.2) is 18.1 Å². The lowest BCUT2D eigenvalue weighted by atomic mass is 10.3. The van der Waals surface area contributed by atoms with Crippen molar-refractivity contribution in [2.24, 2.45) is 0 Å². The summed E-state index contributed by atoms with van der Waals surface area (Å²) >= 11 is 0. The van der Waals surface area contributed by atoms with Gasteiger partial charge in [-0.3, -0.25) is 4.72 Å². The van der Waals surface area contributed by atoms with E-state index in [1.807, 2.05) is 13.0 Å². The van der Waals surface area contributed by atoms with E-state index in [0.717, 1.165) is 6.42 Å². The third-order valence-electron chi connectivity index (χ3n) is 2.92. The molecular formula is C14H18N2O3S. The second-order valence-corrected chi connectivity index (χ2v) is 6.17. The number of nitrogens with zero attached hydrogens (tertiary/aromatic N) is 1. The molecule has 108 valence electrons. The van der Waals surface area contributed by atoms with Crippen LogP contribution >= 0.6 is 0 Å². The molecule has 0 aliphatic heterocycles. The van der Waals surface area contributed by atoms with Gasteiger partial charge in [0.15, 0.2) is 0 Å². The van der Waals surface area contributed by atoms with Gasteiger partial charge in [-0.25, -0.2) is 8.42 Å². The number of benzene rings is 1. The van der Waals surface area contributed by atoms with E-state index in [9.17, 15) is 13.5 Å². The first kappa shape index (κ1) is 14.6. The first-order valence-electron chi connectivity index (χ1n) is 6.44. The lowest BCUT2D eigenvalue weighted by Gasteiger charge is -2.06. The molecule has 0 saturated heterocycles. The minimum absolute atomic E-state index is 0.166. The number of para-hydroxylation sites is 1. The number of anilines is 1. The van der Waals surface area contributed by atoms with Gasteiger partial charge in [0.25, 0.3) is 10.0 Å². The molecule has 0 unspecified atom stereocenters. The van der Waals surface area contributed by atoms with Crippen LogP contribution in [0.5, 0.6) is 0 Å². The highest BCUT2D eigenvalue weighted by Gasteiger charge is 2.18. The van der Waals surface area contributed by atoms with Gasteiger partial charge in [0, 0.05) is 24.1 Å². The number of aliphatic hydroxyl groups is 1. The largest absolute Gasteiger partial charge is 0.390 e. The van der Waals surface area contributed by atoms with Crippen LogP contribution < -0.4 is 4.72 Å². The van der Waals surface area contributed by atoms with Gasteiger partial charge in [0.2, 0.25) is 0 Å². The fourth-order valence-corrected chi connectivity index (χ4v) is 3.10. The molecule has 0 bridgehead atoms. The van der Waals surface area contributed by atoms with Gasteiger partial charge in [-0.2, -0.15) is 0 Å². The summed E-state index contributed by atoms with van der Waals surface area (Å²) in [6.45, 7) is 2.50. The smallest absolute Gasteiger partial charge is 0.263 e. The number of nitrogens with one attached hydrogen (secondary N) is 1. The highest BCUT2D eigenvalue weighted by atomic mass is 32.2. The predicted molar refractivity (Wildman–Crippen MR) is 77.9 cm³/mol. The fraction of sp³-hybridized carbons (Fsp3) is 0.286. The summed E-state index contributed by atoms with van der Waals surface area (Å²) in [6, 6.07) is 10.2. The number of hydrogen-bond donors (Lipinski definition) is 2. The highest BCUT2D eigenvalue weighted by Crippen LogP contribution is 2.19. The Labute approximate surface area is 118 Å². The zero-order valence-corrected chi connectivity index (χ0v) is 12.1. The third kappa shape index (κ3) is 3.20. The number of rotatable bonds is 6. The summed E-state index contributed by atoms with van der Waals surface area (Å²) in [7, 11) is -3.63. The van der Waals surface area contributed by atoms with Gasteiger partial charge in [0.1, 0.15) is 4.90 Å². The summed E-state index contributed by atoms with van der Waals surface area (Å²) in [5.41, 5.74) is 1.11. The van der Waals surface area contributed by atoms with Crippen LogP contribution in [0.1, 0.15) is 19.0 Å². The minimum atomic E-state index is -3.63. The van der Waals surface area contributed by atoms with Crippen molar-refractivity contribution in [1.82, 2.24) is 4.57 Å². The lowest BCUT2D eigenvalue weighted by molar-refractivity contribution is 0.270. The first-order chi connectivity index (χ1) is 9.56. The summed E-state index contributed by atoms with van der Waals surface area (Å²) in [5, 5.41) is 9.28. The van der Waals surface area contributed by atoms with Gasteiger partial charge in [-0.15, -0.1) is 0 Å². The van der Waals surface area contributed by atoms with Crippen molar-refractivity contribution in [3.63, 3.8) is 0 Å². The Kier molecular flexibility index (Phi) is 4.46. The monoisotopic (exact) mass is 294 g/mol. The summed E-state index contributed by atoms with van der Waals surface area (Å²) in [5.74, 6) is 0. The number of aliphatic hydroxyl groups excluding tert-OH is 1. The molecule has 1 aromatic heterocycles. The quantitative estimate of drug-likeness (QED) is 0.858. The molecule has 1 heterocycles. The fourth-order valence-electron chi connectivity index (χ4n) is 1.97. The third-order valence-corrected chi connectivity index (χ3v) is 4.27. The van der Waals surface area contributed by atoms with Crippen LogP contribution in [0, 0.1) is 0 Å². The molecular weight excluding hydrogens is 276 g/mol. The zero-order valence-electron chi connectivity index (χ0n) is 11.3. The van der Waals surface area contributed by atoms with E-state index >= 15 is 0 Å². The Balaban J connectivity index is 2.30. The van der Waals surface area contributed by atoms with Crippen LogP contribution in [0.15, 0.2) is 47.5 Å². The topological polar surface area (TPSA) is 71.3 Å². The van der Waals surface area contributed by atoms with Crippen LogP contribution in [0.3, 0.4) is 0 Å². The second kappa shape index (κ2) is 6.11. The van der Waals surface area contributed by atoms with E-state index in [1.54, 1.807) is 35.0 Å². The molecule has 0 atom stereocenters. The number of sulfonamides is 1. The SMILES string of the molecule is CCCn1cc(S(=O)(=O)Nc2ccccc2)cc1CO. The number of hydrogen-bond acceptors (Lipinski definition) is 3. The molecule has 2 rings (SSSR count). The Hall–Kier alpha value is -1.79. The van der Waals surface area contributed by atoms with Gasteiger partial charge < -0.3 is 9.67 Å². The average Bonchev–Trinajstić information content (AvgIpc) is 2.84. The van der Waals surface area contributed by atoms with Crippen LogP contribution in [0.4, 0.5) is 5.69 Å². The van der Waals surface area contributed by atoms with Crippen LogP contribution in [-0.2, 0) is 23.2 Å². The summed E-state index contributed by atoms with van der Waals surface area (Å²) in [6.07, 6.45) is 2.42. The van der Waals surface area contributed by atoms with Crippen molar-refractivity contribution in [3.05, 3.63) is 48.3 Å². The molecule has 20 heavy (non-hydrogen) atoms. The van der Waals surface area contributed by atoms with Gasteiger partial charge >= 0.3 is 0 Å². The Morgan fingerprint density at radius 3 is 2.55 bits per heavy atom. The van der Waals surface area contributed by atoms with Crippen molar-refractivity contribution in [1.29, 1.82) is 0 Å². The minimum Gasteiger partial charge on any atom is -0.390 e. The molecule has 0 amide bonds. The molecule has 0 aliphatic carbocycles. The molecule has 0 saturated carbocycles. The van der Waals surface area contributed by atoms with Gasteiger partial charge in [-0.05, 0) is 24.6 Å². The average molecular weight is 294 g/mol. The molecule has 0 fully saturated rings. The molecule has 6 heteroatoms. The van der Waals surface area contributed by atoms with Crippen LogP contribution in [0.25, 0.3) is 0 Å². The number of aryl methyl sites for hydroxylation is 1. The second-order valence-electron chi connectivity index (χ2n) is 4.49. The summed E-state index contributed by atoms with van der Waals surface area (Å²) in [4.78, 5) is 0.166. The van der Waals surface area contributed by atoms with E-state index in [1.165, 1.54) is 6.07 Å². The Bertz CT molecular complexity index is 663. The van der Waals surface area contributed by atoms with Crippen molar-refractivity contribution < 1.29 is 13.5 Å². The van der Waals surface area contributed by atoms with Crippen molar-refractivity contribution in [2.45, 2.75) is 31.4 Å². The maximum absolute atomic E-state index is 12.3. The Morgan fingerprint density at radius 1 is 1.25 bits per heavy atom. The van der Waals surface area contributed by atoms with E-state index in [-0.39, 0.29) is 11.5 Å². The highest BCUT2D eigenvalue weighted by molar-refractivity contribution is 7.92. The van der Waals surface area contributed by atoms with E-state index in [4.69, 9.17) is 0 Å². The summed E-state index contributed by atoms with van der Waals surface area (Å²) < 4.78 is 28.8. The lowest BCUT2D eigenvalue weighted by Crippen LogP contribution is -2.12. The molecule has 1 aromatic carbocycles. The molecule has 0 spiro atoms. The normalized spacial score (nSPS) is 11.5. The standard InChI is InChI=1S/C14H18N2O3S/c1-2-8-16-10-14(9-13(16)11-17)20(18,19)15-12-6-4-3-5-7-12/h3-7,9-10,15,17H,2,8,11H2,1H3. The van der Waals surface area contributed by atoms with E-state index in [2.05, 4.69) is 4.72 Å². The van der Waals surface area contributed by atoms with Crippen molar-refractivity contribution in [3.8, 4) is 0 Å². The molecule has 0 aliphatic rings. The maximum atomic E-state index is 12.3. The molecule has 2 aromatic rings. The maximum Gasteiger partial charge on any atom is 0.263 e. The Morgan fingerprint density at radius 2 is 1.95 bits per heavy atom. The predicted octanol–water partition coefficient (Wildman–Crippen LogP) is 2.19. The first-order valence-corrected chi connectivity index (χ1v) is 7.93. The van der Waals surface area contributed by atoms with Crippen molar-refractivity contribution >= 4 is 15.7 Å². The number of aromatic nitrogens is 1. The van der Waals surface area contributed by atoms with Gasteiger partial charge in [-0.1, -0.05) is 25.1 Å². The molecule has 0 radical (unpaired) electrons. The van der Waals surface area contributed by atoms with Gasteiger partial charge in [0.05, 0.1) is 6.61 Å².